The maximum absolute atomic E-state index is 13.2. The van der Waals surface area contributed by atoms with Crippen LogP contribution in [0.25, 0.3) is 5.65 Å². The van der Waals surface area contributed by atoms with Crippen molar-refractivity contribution in [2.75, 3.05) is 18.5 Å². The predicted molar refractivity (Wildman–Crippen MR) is 127 cm³/mol. The molecule has 4 rings (SSSR count). The first-order valence-electron chi connectivity index (χ1n) is 10.5. The number of hydrogen-bond acceptors (Lipinski definition) is 6. The zero-order chi connectivity index (χ0) is 22.3. The maximum atomic E-state index is 13.2. The van der Waals surface area contributed by atoms with Crippen LogP contribution in [0, 0.1) is 0 Å². The number of hydrogen-bond donors (Lipinski definition) is 1. The molecule has 0 amide bonds. The Morgan fingerprint density at radius 2 is 1.59 bits per heavy atom. The van der Waals surface area contributed by atoms with Crippen LogP contribution in [0.4, 0.5) is 17.2 Å². The summed E-state index contributed by atoms with van der Waals surface area (Å²) in [5.41, 5.74) is 2.19. The van der Waals surface area contributed by atoms with Gasteiger partial charge in [-0.3, -0.25) is 14.2 Å². The summed E-state index contributed by atoms with van der Waals surface area (Å²) >= 11 is 0. The van der Waals surface area contributed by atoms with Crippen LogP contribution in [0.15, 0.2) is 82.7 Å². The molecule has 2 aromatic carbocycles. The normalized spacial score (nSPS) is 11.1. The van der Waals surface area contributed by atoms with E-state index in [2.05, 4.69) is 15.3 Å². The van der Waals surface area contributed by atoms with Gasteiger partial charge in [-0.05, 0) is 74.5 Å². The molecule has 0 spiro atoms. The van der Waals surface area contributed by atoms with Crippen LogP contribution in [0.3, 0.4) is 0 Å². The van der Waals surface area contributed by atoms with Crippen molar-refractivity contribution in [2.24, 2.45) is 4.99 Å². The monoisotopic (exact) mass is 428 g/mol. The van der Waals surface area contributed by atoms with Crippen molar-refractivity contribution in [2.45, 2.75) is 13.8 Å². The third kappa shape index (κ3) is 4.78. The first-order valence-corrected chi connectivity index (χ1v) is 10.5. The number of ether oxygens (including phenoxy) is 2. The van der Waals surface area contributed by atoms with Crippen molar-refractivity contribution < 1.29 is 9.47 Å². The third-order valence-corrected chi connectivity index (χ3v) is 4.69. The number of anilines is 2. The van der Waals surface area contributed by atoms with Gasteiger partial charge in [-0.15, -0.1) is 0 Å². The smallest absolute Gasteiger partial charge is 0.268 e. The summed E-state index contributed by atoms with van der Waals surface area (Å²) < 4.78 is 12.5. The molecule has 0 fully saturated rings. The molecule has 0 radical (unpaired) electrons. The molecule has 162 valence electrons. The van der Waals surface area contributed by atoms with Crippen LogP contribution in [-0.4, -0.2) is 28.8 Å². The van der Waals surface area contributed by atoms with E-state index < -0.39 is 0 Å². The van der Waals surface area contributed by atoms with E-state index in [0.717, 1.165) is 17.2 Å². The molecule has 7 heteroatoms. The number of fused-ring (bicyclic) bond motifs is 1. The van der Waals surface area contributed by atoms with E-state index >= 15 is 0 Å². The summed E-state index contributed by atoms with van der Waals surface area (Å²) in [4.78, 5) is 22.3. The second-order valence-corrected chi connectivity index (χ2v) is 6.88. The Morgan fingerprint density at radius 3 is 2.25 bits per heavy atom. The fraction of sp³-hybridized carbons (Fsp3) is 0.160. The molecule has 2 aromatic heterocycles. The molecule has 2 heterocycles. The topological polar surface area (TPSA) is 77.2 Å². The minimum absolute atomic E-state index is 0.210. The number of rotatable bonds is 8. The largest absolute Gasteiger partial charge is 0.494 e. The number of pyridine rings is 1. The quantitative estimate of drug-likeness (QED) is 0.400. The van der Waals surface area contributed by atoms with Crippen LogP contribution >= 0.6 is 0 Å². The first kappa shape index (κ1) is 21.1. The number of nitrogens with zero attached hydrogens (tertiary/aromatic N) is 3. The lowest BCUT2D eigenvalue weighted by Gasteiger charge is -2.11. The zero-order valence-electron chi connectivity index (χ0n) is 18.0. The van der Waals surface area contributed by atoms with Gasteiger partial charge < -0.3 is 14.8 Å². The van der Waals surface area contributed by atoms with E-state index in [0.29, 0.717) is 35.9 Å². The molecule has 4 aromatic rings. The number of aromatic nitrogens is 2. The highest BCUT2D eigenvalue weighted by atomic mass is 16.5. The Balaban J connectivity index is 1.71. The van der Waals surface area contributed by atoms with Crippen molar-refractivity contribution >= 4 is 29.1 Å². The molecule has 0 saturated heterocycles. The van der Waals surface area contributed by atoms with Gasteiger partial charge in [0.05, 0.1) is 18.9 Å². The summed E-state index contributed by atoms with van der Waals surface area (Å²) in [5, 5.41) is 3.25. The predicted octanol–water partition coefficient (Wildman–Crippen LogP) is 4.99. The molecule has 0 atom stereocenters. The lowest BCUT2D eigenvalue weighted by Crippen LogP contribution is -2.21. The highest BCUT2D eigenvalue weighted by Gasteiger charge is 2.12. The lowest BCUT2D eigenvalue weighted by atomic mass is 10.2. The molecule has 7 nitrogen and oxygen atoms in total. The van der Waals surface area contributed by atoms with Gasteiger partial charge in [0, 0.05) is 18.1 Å². The second-order valence-electron chi connectivity index (χ2n) is 6.88. The van der Waals surface area contributed by atoms with Gasteiger partial charge in [-0.1, -0.05) is 6.07 Å². The Labute approximate surface area is 186 Å². The van der Waals surface area contributed by atoms with E-state index in [1.807, 2.05) is 68.4 Å². The average molecular weight is 428 g/mol. The first-order chi connectivity index (χ1) is 15.7. The Morgan fingerprint density at radius 1 is 0.938 bits per heavy atom. The fourth-order valence-electron chi connectivity index (χ4n) is 3.19. The van der Waals surface area contributed by atoms with E-state index in [1.165, 1.54) is 4.40 Å². The van der Waals surface area contributed by atoms with E-state index in [-0.39, 0.29) is 5.56 Å². The van der Waals surface area contributed by atoms with Crippen LogP contribution in [0.1, 0.15) is 19.4 Å². The van der Waals surface area contributed by atoms with Crippen LogP contribution in [0.2, 0.25) is 0 Å². The summed E-state index contributed by atoms with van der Waals surface area (Å²) in [6, 6.07) is 20.3. The summed E-state index contributed by atoms with van der Waals surface area (Å²) in [7, 11) is 0. The van der Waals surface area contributed by atoms with E-state index in [4.69, 9.17) is 9.47 Å². The average Bonchev–Trinajstić information content (AvgIpc) is 2.81. The summed E-state index contributed by atoms with van der Waals surface area (Å²) in [5.74, 6) is 1.98. The molecule has 0 aliphatic carbocycles. The number of nitrogens with one attached hydrogen (secondary N) is 1. The maximum Gasteiger partial charge on any atom is 0.268 e. The molecule has 1 N–H and O–H groups in total. The van der Waals surface area contributed by atoms with Gasteiger partial charge >= 0.3 is 0 Å². The van der Waals surface area contributed by atoms with Crippen LogP contribution in [-0.2, 0) is 0 Å². The third-order valence-electron chi connectivity index (χ3n) is 4.69. The van der Waals surface area contributed by atoms with Crippen molar-refractivity contribution in [3.05, 3.63) is 88.8 Å². The molecular formula is C25H24N4O3. The van der Waals surface area contributed by atoms with E-state index in [1.54, 1.807) is 24.5 Å². The second kappa shape index (κ2) is 9.78. The molecule has 0 saturated carbocycles. The van der Waals surface area contributed by atoms with Crippen molar-refractivity contribution in [3.63, 3.8) is 0 Å². The van der Waals surface area contributed by atoms with Gasteiger partial charge in [0.25, 0.3) is 5.56 Å². The highest BCUT2D eigenvalue weighted by molar-refractivity contribution is 5.89. The van der Waals surface area contributed by atoms with Crippen LogP contribution in [0.5, 0.6) is 11.5 Å². The number of aliphatic imine (C=N–C) groups is 1. The lowest BCUT2D eigenvalue weighted by molar-refractivity contribution is 0.340. The number of benzene rings is 2. The van der Waals surface area contributed by atoms with Crippen molar-refractivity contribution in [1.82, 2.24) is 9.38 Å². The Kier molecular flexibility index (Phi) is 6.46. The molecule has 0 aliphatic heterocycles. The van der Waals surface area contributed by atoms with E-state index in [9.17, 15) is 4.79 Å². The fourth-order valence-corrected chi connectivity index (χ4v) is 3.19. The van der Waals surface area contributed by atoms with Gasteiger partial charge in [0.2, 0.25) is 0 Å². The van der Waals surface area contributed by atoms with Crippen molar-refractivity contribution in [3.8, 4) is 11.5 Å². The van der Waals surface area contributed by atoms with Crippen LogP contribution < -0.4 is 20.3 Å². The molecule has 0 bridgehead atoms. The Hall–Kier alpha value is -4.13. The minimum Gasteiger partial charge on any atom is -0.494 e. The molecule has 32 heavy (non-hydrogen) atoms. The summed E-state index contributed by atoms with van der Waals surface area (Å²) in [6.45, 7) is 5.07. The standard InChI is InChI=1S/C25H24N4O3/c1-3-31-20-12-8-18(9-13-20)26-17-22-24(27-19-10-14-21(15-11-19)32-4-2)28-23-7-5-6-16-29(23)25(22)30/h5-17,27H,3-4H2,1-2H3. The summed E-state index contributed by atoms with van der Waals surface area (Å²) in [6.07, 6.45) is 3.24. The van der Waals surface area contributed by atoms with Gasteiger partial charge in [-0.25, -0.2) is 4.98 Å². The van der Waals surface area contributed by atoms with Crippen molar-refractivity contribution in [1.29, 1.82) is 0 Å². The molecule has 0 unspecified atom stereocenters. The SMILES string of the molecule is CCOc1ccc(N=Cc2c(Nc3ccc(OCC)cc3)nc3ccccn3c2=O)cc1. The zero-order valence-corrected chi connectivity index (χ0v) is 18.0. The Bertz CT molecular complexity index is 1280. The van der Waals surface area contributed by atoms with Gasteiger partial charge in [0.15, 0.2) is 0 Å². The minimum atomic E-state index is -0.210. The van der Waals surface area contributed by atoms with Gasteiger partial charge in [-0.2, -0.15) is 0 Å². The van der Waals surface area contributed by atoms with Gasteiger partial charge in [0.1, 0.15) is 28.5 Å². The molecule has 0 aliphatic rings. The molecular weight excluding hydrogens is 404 g/mol. The highest BCUT2D eigenvalue weighted by Crippen LogP contribution is 2.22.